The number of ether oxygens (including phenoxy) is 1. The first kappa shape index (κ1) is 25.6. The highest BCUT2D eigenvalue weighted by Gasteiger charge is 2.28. The van der Waals surface area contributed by atoms with E-state index in [1.165, 1.54) is 28.0 Å². The number of allylic oxidation sites excluding steroid dienone is 10. The van der Waals surface area contributed by atoms with E-state index in [-0.39, 0.29) is 0 Å². The molecule has 0 radical (unpaired) electrons. The minimum absolute atomic E-state index is 0.911. The lowest BCUT2D eigenvalue weighted by Gasteiger charge is -2.22. The number of hydrogen-bond acceptors (Lipinski definition) is 5. The molecule has 2 aromatic rings. The second-order valence-corrected chi connectivity index (χ2v) is 9.35. The van der Waals surface area contributed by atoms with Gasteiger partial charge in [0.2, 0.25) is 0 Å². The Morgan fingerprint density at radius 3 is 1.89 bits per heavy atom. The van der Waals surface area contributed by atoms with Crippen LogP contribution in [0.25, 0.3) is 11.5 Å². The first-order valence-corrected chi connectivity index (χ1v) is 12.6. The van der Waals surface area contributed by atoms with Crippen LogP contribution in [-0.2, 0) is 4.74 Å². The van der Waals surface area contributed by atoms with Gasteiger partial charge < -0.3 is 4.74 Å². The summed E-state index contributed by atoms with van der Waals surface area (Å²) in [4.78, 5) is 0. The molecule has 7 heteroatoms. The average Bonchev–Trinajstić information content (AvgIpc) is 3.26. The summed E-state index contributed by atoms with van der Waals surface area (Å²) >= 11 is 0. The number of nitrogens with zero attached hydrogens (tertiary/aromatic N) is 1. The molecule has 3 aliphatic rings. The summed E-state index contributed by atoms with van der Waals surface area (Å²) in [5, 5.41) is 0. The Hall–Kier alpha value is -3.52. The standard InChI is InChI=1S/C29H26NO.ClHO4/c1-30(2)25-16-13-21(14-17-25)19-24-15-18-26-27(24)20-28(22-9-5-3-6-10-22)31-29(26)23-11-7-4-8-12-23;2-1(3,4)5/h3-14,16-17,19-20H,15,18H2,1-2H3;(H,2,3,4,5)/q+1;/p-1. The number of rotatable bonds is 3. The van der Waals surface area contributed by atoms with Crippen molar-refractivity contribution in [1.29, 1.82) is 0 Å². The summed E-state index contributed by atoms with van der Waals surface area (Å²) in [5.41, 5.74) is 8.67. The minimum atomic E-state index is -4.94. The molecule has 36 heavy (non-hydrogen) atoms. The molecule has 0 aromatic heterocycles. The highest BCUT2D eigenvalue weighted by atomic mass is 35.7. The second kappa shape index (κ2) is 11.0. The van der Waals surface area contributed by atoms with Gasteiger partial charge in [0.05, 0.1) is 0 Å². The van der Waals surface area contributed by atoms with Crippen LogP contribution < -0.4 is 18.6 Å². The molecular weight excluding hydrogens is 478 g/mol. The quantitative estimate of drug-likeness (QED) is 0.591. The summed E-state index contributed by atoms with van der Waals surface area (Å²) in [6, 6.07) is 20.8. The van der Waals surface area contributed by atoms with E-state index in [4.69, 9.17) is 23.4 Å². The molecular formula is C29H26ClNO5. The third-order valence-corrected chi connectivity index (χ3v) is 5.92. The van der Waals surface area contributed by atoms with E-state index < -0.39 is 10.2 Å². The van der Waals surface area contributed by atoms with Crippen molar-refractivity contribution in [1.82, 2.24) is 0 Å². The normalized spacial score (nSPS) is 16.8. The average molecular weight is 504 g/mol. The molecule has 0 atom stereocenters. The fourth-order valence-electron chi connectivity index (χ4n) is 4.26. The third kappa shape index (κ3) is 6.57. The Bertz CT molecular complexity index is 1310. The second-order valence-electron chi connectivity index (χ2n) is 8.60. The molecule has 0 bridgehead atoms. The Morgan fingerprint density at radius 1 is 0.778 bits per heavy atom. The van der Waals surface area contributed by atoms with Crippen LogP contribution in [0.2, 0.25) is 0 Å². The van der Waals surface area contributed by atoms with Crippen LogP contribution in [0, 0.1) is 10.2 Å². The van der Waals surface area contributed by atoms with Crippen LogP contribution in [0.1, 0.15) is 24.0 Å². The number of benzene rings is 2. The maximum atomic E-state index is 8.49. The van der Waals surface area contributed by atoms with E-state index >= 15 is 0 Å². The zero-order valence-corrected chi connectivity index (χ0v) is 20.8. The molecule has 5 rings (SSSR count). The summed E-state index contributed by atoms with van der Waals surface area (Å²) in [6.45, 7) is 0. The number of halogens is 1. The van der Waals surface area contributed by atoms with Gasteiger partial charge >= 0.3 is 0 Å². The smallest absolute Gasteiger partial charge is 0.199 e. The van der Waals surface area contributed by atoms with Crippen molar-refractivity contribution < 1.29 is 38.2 Å². The lowest BCUT2D eigenvalue weighted by Crippen LogP contribution is -2.68. The summed E-state index contributed by atoms with van der Waals surface area (Å²) < 4.78 is 42.6. The maximum absolute atomic E-state index is 8.49. The fraction of sp³-hybridized carbons (Fsp3) is 0.138. The van der Waals surface area contributed by atoms with E-state index in [2.05, 4.69) is 104 Å². The van der Waals surface area contributed by atoms with Gasteiger partial charge in [0, 0.05) is 28.9 Å². The van der Waals surface area contributed by atoms with Gasteiger partial charge in [0.15, 0.2) is 5.71 Å². The molecule has 1 heterocycles. The molecule has 0 saturated carbocycles. The van der Waals surface area contributed by atoms with Gasteiger partial charge in [-0.15, -0.1) is 10.2 Å². The van der Waals surface area contributed by atoms with E-state index in [9.17, 15) is 0 Å². The molecule has 6 nitrogen and oxygen atoms in total. The predicted octanol–water partition coefficient (Wildman–Crippen LogP) is 1.57. The number of hydrogen-bond donors (Lipinski definition) is 0. The molecule has 184 valence electrons. The topological polar surface area (TPSA) is 104 Å². The third-order valence-electron chi connectivity index (χ3n) is 5.92. The SMILES string of the molecule is C[N+](C)=C1C=CC(=CC2=C3C=C(c4ccccc4)OC(c4ccccc4)=C3CC2)C=C1.[O-][Cl+3]([O-])([O-])[O-]. The fourth-order valence-corrected chi connectivity index (χ4v) is 4.26. The van der Waals surface area contributed by atoms with Crippen molar-refractivity contribution >= 4 is 17.2 Å². The maximum Gasteiger partial charge on any atom is 0.199 e. The first-order valence-electron chi connectivity index (χ1n) is 11.4. The molecule has 2 aromatic carbocycles. The van der Waals surface area contributed by atoms with Gasteiger partial charge in [0.25, 0.3) is 0 Å². The van der Waals surface area contributed by atoms with Crippen molar-refractivity contribution in [3.05, 3.63) is 131 Å². The van der Waals surface area contributed by atoms with Gasteiger partial charge in [-0.25, -0.2) is 23.2 Å². The van der Waals surface area contributed by atoms with Gasteiger partial charge in [-0.3, -0.25) is 0 Å². The van der Waals surface area contributed by atoms with Crippen molar-refractivity contribution in [3.63, 3.8) is 0 Å². The molecule has 1 aliphatic heterocycles. The summed E-state index contributed by atoms with van der Waals surface area (Å²) in [7, 11) is -0.805. The Labute approximate surface area is 212 Å². The lowest BCUT2D eigenvalue weighted by molar-refractivity contribution is -2.00. The van der Waals surface area contributed by atoms with Crippen LogP contribution in [0.15, 0.2) is 119 Å². The van der Waals surface area contributed by atoms with Crippen LogP contribution in [0.4, 0.5) is 0 Å². The molecule has 0 amide bonds. The highest BCUT2D eigenvalue weighted by molar-refractivity contribution is 6.02. The van der Waals surface area contributed by atoms with Crippen LogP contribution >= 0.6 is 0 Å². The Kier molecular flexibility index (Phi) is 7.84. The Balaban J connectivity index is 0.000000556. The first-order chi connectivity index (χ1) is 17.2. The van der Waals surface area contributed by atoms with Gasteiger partial charge in [0.1, 0.15) is 25.6 Å². The van der Waals surface area contributed by atoms with Crippen molar-refractivity contribution in [2.75, 3.05) is 14.1 Å². The predicted molar refractivity (Wildman–Crippen MR) is 129 cm³/mol. The molecule has 0 spiro atoms. The van der Waals surface area contributed by atoms with Crippen LogP contribution in [-0.4, -0.2) is 24.4 Å². The van der Waals surface area contributed by atoms with Gasteiger partial charge in [-0.1, -0.05) is 66.7 Å². The van der Waals surface area contributed by atoms with Crippen molar-refractivity contribution in [3.8, 4) is 0 Å². The zero-order chi connectivity index (χ0) is 25.7. The van der Waals surface area contributed by atoms with Crippen molar-refractivity contribution in [2.24, 2.45) is 0 Å². The molecule has 2 aliphatic carbocycles. The minimum Gasteiger partial charge on any atom is -0.456 e. The largest absolute Gasteiger partial charge is 0.456 e. The van der Waals surface area contributed by atoms with E-state index in [1.807, 2.05) is 12.1 Å². The van der Waals surface area contributed by atoms with E-state index in [0.717, 1.165) is 35.5 Å². The van der Waals surface area contributed by atoms with Crippen LogP contribution in [0.3, 0.4) is 0 Å². The highest BCUT2D eigenvalue weighted by Crippen LogP contribution is 2.45. The Morgan fingerprint density at radius 2 is 1.33 bits per heavy atom. The zero-order valence-electron chi connectivity index (χ0n) is 20.0. The van der Waals surface area contributed by atoms with E-state index in [0.29, 0.717) is 0 Å². The van der Waals surface area contributed by atoms with Crippen LogP contribution in [0.5, 0.6) is 0 Å². The molecule has 0 unspecified atom stereocenters. The summed E-state index contributed by atoms with van der Waals surface area (Å²) in [5.74, 6) is 1.90. The molecule has 0 saturated heterocycles. The monoisotopic (exact) mass is 503 g/mol. The van der Waals surface area contributed by atoms with Gasteiger partial charge in [-0.2, -0.15) is 0 Å². The summed E-state index contributed by atoms with van der Waals surface area (Å²) in [6.07, 6.45) is 15.3. The van der Waals surface area contributed by atoms with Gasteiger partial charge in [-0.05, 0) is 47.8 Å². The molecule has 0 N–H and O–H groups in total. The van der Waals surface area contributed by atoms with Crippen molar-refractivity contribution in [2.45, 2.75) is 12.8 Å². The molecule has 0 fully saturated rings. The van der Waals surface area contributed by atoms with E-state index in [1.54, 1.807) is 0 Å². The lowest BCUT2D eigenvalue weighted by atomic mass is 9.96. The number of fused-ring (bicyclic) bond motifs is 1.